The molecule has 2 N–H and O–H groups in total. The molecule has 0 radical (unpaired) electrons. The average molecular weight is 328 g/mol. The predicted molar refractivity (Wildman–Crippen MR) is 95.7 cm³/mol. The van der Waals surface area contributed by atoms with Gasteiger partial charge in [0.1, 0.15) is 5.60 Å². The molecule has 5 heteroatoms. The molecule has 1 fully saturated rings. The minimum Gasteiger partial charge on any atom is -0.444 e. The zero-order valence-electron chi connectivity index (χ0n) is 15.9. The van der Waals surface area contributed by atoms with E-state index in [1.165, 1.54) is 25.9 Å². The summed E-state index contributed by atoms with van der Waals surface area (Å²) in [7, 11) is 2.20. The number of hydrogen-bond donors (Lipinski definition) is 2. The first kappa shape index (κ1) is 20.2. The lowest BCUT2D eigenvalue weighted by molar-refractivity contribution is 0.0514. The Hall–Kier alpha value is -0.810. The lowest BCUT2D eigenvalue weighted by Gasteiger charge is -2.30. The molecule has 1 amide bonds. The minimum absolute atomic E-state index is 0.321. The van der Waals surface area contributed by atoms with Crippen LogP contribution in [-0.4, -0.2) is 56.4 Å². The van der Waals surface area contributed by atoms with E-state index in [2.05, 4.69) is 36.4 Å². The van der Waals surface area contributed by atoms with Crippen LogP contribution in [0.1, 0.15) is 47.5 Å². The molecule has 0 saturated carbocycles. The van der Waals surface area contributed by atoms with Crippen molar-refractivity contribution in [2.45, 2.75) is 53.1 Å². The van der Waals surface area contributed by atoms with E-state index >= 15 is 0 Å². The number of piperidine rings is 1. The summed E-state index contributed by atoms with van der Waals surface area (Å²) in [5.74, 6) is 1.74. The van der Waals surface area contributed by atoms with Gasteiger partial charge in [0.25, 0.3) is 0 Å². The van der Waals surface area contributed by atoms with Crippen molar-refractivity contribution in [3.8, 4) is 0 Å². The van der Waals surface area contributed by atoms with Gasteiger partial charge in [-0.2, -0.15) is 0 Å². The monoisotopic (exact) mass is 327 g/mol. The van der Waals surface area contributed by atoms with Gasteiger partial charge in [-0.05, 0) is 84.6 Å². The molecule has 1 rings (SSSR count). The van der Waals surface area contributed by atoms with Gasteiger partial charge in [0.15, 0.2) is 0 Å². The Morgan fingerprint density at radius 1 is 1.22 bits per heavy atom. The smallest absolute Gasteiger partial charge is 0.407 e. The molecule has 0 aromatic rings. The van der Waals surface area contributed by atoms with Crippen molar-refractivity contribution in [3.05, 3.63) is 0 Å². The van der Waals surface area contributed by atoms with Gasteiger partial charge >= 0.3 is 6.09 Å². The highest BCUT2D eigenvalue weighted by atomic mass is 16.6. The predicted octanol–water partition coefficient (Wildman–Crippen LogP) is 2.71. The van der Waals surface area contributed by atoms with Crippen LogP contribution in [0.3, 0.4) is 0 Å². The third-order valence-corrected chi connectivity index (χ3v) is 4.53. The number of amides is 1. The van der Waals surface area contributed by atoms with Crippen molar-refractivity contribution in [1.29, 1.82) is 0 Å². The molecule has 0 aromatic carbocycles. The van der Waals surface area contributed by atoms with E-state index < -0.39 is 5.60 Å². The second-order valence-corrected chi connectivity index (χ2v) is 8.29. The largest absolute Gasteiger partial charge is 0.444 e. The van der Waals surface area contributed by atoms with Crippen molar-refractivity contribution in [2.24, 2.45) is 17.8 Å². The van der Waals surface area contributed by atoms with E-state index in [1.807, 2.05) is 20.8 Å². The summed E-state index contributed by atoms with van der Waals surface area (Å²) in [5.41, 5.74) is -0.441. The third kappa shape index (κ3) is 9.16. The van der Waals surface area contributed by atoms with Crippen molar-refractivity contribution in [3.63, 3.8) is 0 Å². The lowest BCUT2D eigenvalue weighted by atomic mass is 9.94. The molecular formula is C18H37N3O2. The molecule has 1 atom stereocenters. The standard InChI is InChI=1S/C18H37N3O2/c1-14(2)16(13-20-17(22)23-18(3,4)5)12-19-11-15-7-9-21(6)10-8-15/h14-16,19H,7-13H2,1-6H3,(H,20,22). The zero-order valence-corrected chi connectivity index (χ0v) is 15.9. The lowest BCUT2D eigenvalue weighted by Crippen LogP contribution is -2.41. The molecule has 23 heavy (non-hydrogen) atoms. The van der Waals surface area contributed by atoms with Crippen LogP contribution in [-0.2, 0) is 4.74 Å². The quantitative estimate of drug-likeness (QED) is 0.755. The van der Waals surface area contributed by atoms with Crippen molar-refractivity contribution >= 4 is 6.09 Å². The molecule has 1 heterocycles. The number of rotatable bonds is 7. The van der Waals surface area contributed by atoms with Gasteiger partial charge in [-0.1, -0.05) is 13.8 Å². The Labute approximate surface area is 142 Å². The third-order valence-electron chi connectivity index (χ3n) is 4.53. The molecular weight excluding hydrogens is 290 g/mol. The molecule has 1 aliphatic rings. The van der Waals surface area contributed by atoms with Crippen LogP contribution in [0.5, 0.6) is 0 Å². The Kier molecular flexibility index (Phi) is 8.34. The molecule has 1 aliphatic heterocycles. The first-order chi connectivity index (χ1) is 10.7. The Morgan fingerprint density at radius 2 is 1.83 bits per heavy atom. The van der Waals surface area contributed by atoms with Crippen molar-refractivity contribution in [2.75, 3.05) is 39.8 Å². The second kappa shape index (κ2) is 9.48. The van der Waals surface area contributed by atoms with Gasteiger partial charge in [0.05, 0.1) is 0 Å². The number of carbonyl (C=O) groups excluding carboxylic acids is 1. The van der Waals surface area contributed by atoms with Gasteiger partial charge in [0.2, 0.25) is 0 Å². The number of ether oxygens (including phenoxy) is 1. The molecule has 1 saturated heterocycles. The van der Waals surface area contributed by atoms with Crippen LogP contribution < -0.4 is 10.6 Å². The van der Waals surface area contributed by atoms with E-state index in [1.54, 1.807) is 0 Å². The number of nitrogens with one attached hydrogen (secondary N) is 2. The summed E-state index contributed by atoms with van der Waals surface area (Å²) in [6.07, 6.45) is 2.25. The molecule has 1 unspecified atom stereocenters. The molecule has 136 valence electrons. The van der Waals surface area contributed by atoms with E-state index in [4.69, 9.17) is 4.74 Å². The Bertz CT molecular complexity index is 345. The Morgan fingerprint density at radius 3 is 2.35 bits per heavy atom. The topological polar surface area (TPSA) is 53.6 Å². The minimum atomic E-state index is -0.441. The molecule has 0 aliphatic carbocycles. The van der Waals surface area contributed by atoms with Gasteiger partial charge in [-0.3, -0.25) is 0 Å². The molecule has 0 bridgehead atoms. The first-order valence-corrected chi connectivity index (χ1v) is 9.03. The van der Waals surface area contributed by atoms with Crippen molar-refractivity contribution in [1.82, 2.24) is 15.5 Å². The van der Waals surface area contributed by atoms with E-state index in [9.17, 15) is 4.79 Å². The van der Waals surface area contributed by atoms with E-state index in [-0.39, 0.29) is 6.09 Å². The van der Waals surface area contributed by atoms with Gasteiger partial charge in [0, 0.05) is 6.54 Å². The number of hydrogen-bond acceptors (Lipinski definition) is 4. The summed E-state index contributed by atoms with van der Waals surface area (Å²) in [6, 6.07) is 0. The number of carbonyl (C=O) groups is 1. The molecule has 0 aromatic heterocycles. The number of alkyl carbamates (subject to hydrolysis) is 1. The van der Waals surface area contributed by atoms with Gasteiger partial charge in [-0.15, -0.1) is 0 Å². The fraction of sp³-hybridized carbons (Fsp3) is 0.944. The summed E-state index contributed by atoms with van der Waals surface area (Å²) in [4.78, 5) is 14.2. The zero-order chi connectivity index (χ0) is 17.5. The van der Waals surface area contributed by atoms with E-state index in [0.717, 1.165) is 19.0 Å². The first-order valence-electron chi connectivity index (χ1n) is 9.03. The maximum absolute atomic E-state index is 11.8. The second-order valence-electron chi connectivity index (χ2n) is 8.29. The highest BCUT2D eigenvalue weighted by Crippen LogP contribution is 2.15. The maximum Gasteiger partial charge on any atom is 0.407 e. The van der Waals surface area contributed by atoms with Crippen LogP contribution in [0.15, 0.2) is 0 Å². The number of nitrogens with zero attached hydrogens (tertiary/aromatic N) is 1. The van der Waals surface area contributed by atoms with Crippen LogP contribution in [0.2, 0.25) is 0 Å². The van der Waals surface area contributed by atoms with E-state index in [0.29, 0.717) is 18.4 Å². The van der Waals surface area contributed by atoms with Crippen LogP contribution in [0.4, 0.5) is 4.79 Å². The molecule has 0 spiro atoms. The van der Waals surface area contributed by atoms with Crippen LogP contribution in [0, 0.1) is 17.8 Å². The van der Waals surface area contributed by atoms with Gasteiger partial charge in [-0.25, -0.2) is 4.79 Å². The summed E-state index contributed by atoms with van der Waals surface area (Å²) >= 11 is 0. The summed E-state index contributed by atoms with van der Waals surface area (Å²) in [6.45, 7) is 15.2. The number of likely N-dealkylation sites (tertiary alicyclic amines) is 1. The Balaban J connectivity index is 2.25. The fourth-order valence-electron chi connectivity index (χ4n) is 2.81. The van der Waals surface area contributed by atoms with Crippen LogP contribution in [0.25, 0.3) is 0 Å². The van der Waals surface area contributed by atoms with Crippen molar-refractivity contribution < 1.29 is 9.53 Å². The van der Waals surface area contributed by atoms with Gasteiger partial charge < -0.3 is 20.3 Å². The SMILES string of the molecule is CC(C)C(CNCC1CCN(C)CC1)CNC(=O)OC(C)(C)C. The maximum atomic E-state index is 11.8. The fourth-order valence-corrected chi connectivity index (χ4v) is 2.81. The normalized spacial score (nSPS) is 18.9. The highest BCUT2D eigenvalue weighted by molar-refractivity contribution is 5.67. The molecule has 5 nitrogen and oxygen atoms in total. The average Bonchev–Trinajstić information content (AvgIpc) is 2.42. The summed E-state index contributed by atoms with van der Waals surface area (Å²) < 4.78 is 5.30. The van der Waals surface area contributed by atoms with Crippen LogP contribution >= 0.6 is 0 Å². The summed E-state index contributed by atoms with van der Waals surface area (Å²) in [5, 5.41) is 6.52. The highest BCUT2D eigenvalue weighted by Gasteiger charge is 2.20.